The summed E-state index contributed by atoms with van der Waals surface area (Å²) in [4.78, 5) is 7.35. The third-order valence-electron chi connectivity index (χ3n) is 2.17. The van der Waals surface area contributed by atoms with Crippen molar-refractivity contribution in [3.8, 4) is 17.1 Å². The number of H-pyrrole nitrogens is 1. The van der Waals surface area contributed by atoms with E-state index in [0.29, 0.717) is 0 Å². The lowest BCUT2D eigenvalue weighted by atomic mass is 10.2. The molecule has 0 saturated carbocycles. The normalized spacial score (nSPS) is 10.4. The van der Waals surface area contributed by atoms with Gasteiger partial charge in [-0.3, -0.25) is 0 Å². The van der Waals surface area contributed by atoms with E-state index in [1.54, 1.807) is 18.3 Å². The maximum absolute atomic E-state index is 9.59. The minimum Gasteiger partial charge on any atom is -0.507 e. The van der Waals surface area contributed by atoms with Gasteiger partial charge >= 0.3 is 0 Å². The molecule has 0 atom stereocenters. The first-order valence-electron chi connectivity index (χ1n) is 4.63. The molecule has 2 N–H and O–H groups in total. The third-order valence-corrected chi connectivity index (χ3v) is 2.17. The van der Waals surface area contributed by atoms with E-state index in [4.69, 9.17) is 0 Å². The van der Waals surface area contributed by atoms with Crippen LogP contribution in [0.2, 0.25) is 0 Å². The molecule has 0 amide bonds. The van der Waals surface area contributed by atoms with Crippen molar-refractivity contribution in [3.63, 3.8) is 0 Å². The topological polar surface area (TPSA) is 48.9 Å². The summed E-state index contributed by atoms with van der Waals surface area (Å²) in [5.74, 6) is 0.976. The quantitative estimate of drug-likeness (QED) is 0.760. The van der Waals surface area contributed by atoms with Gasteiger partial charge in [-0.15, -0.1) is 0 Å². The molecule has 2 aromatic rings. The smallest absolute Gasteiger partial charge is 0.141 e. The lowest BCUT2D eigenvalue weighted by Crippen LogP contribution is -1.82. The maximum Gasteiger partial charge on any atom is 0.141 e. The Morgan fingerprint density at radius 1 is 1.36 bits per heavy atom. The molecule has 0 aliphatic carbocycles. The molecule has 1 aromatic carbocycles. The lowest BCUT2D eigenvalue weighted by molar-refractivity contribution is 0.477. The van der Waals surface area contributed by atoms with E-state index >= 15 is 0 Å². The average molecular weight is 188 g/mol. The van der Waals surface area contributed by atoms with E-state index in [2.05, 4.69) is 16.9 Å². The molecule has 0 spiro atoms. The zero-order valence-electron chi connectivity index (χ0n) is 7.99. The molecule has 72 valence electrons. The second kappa shape index (κ2) is 3.54. The molecule has 3 heteroatoms. The van der Waals surface area contributed by atoms with Crippen LogP contribution in [0.5, 0.6) is 5.75 Å². The number of hydrogen-bond acceptors (Lipinski definition) is 2. The van der Waals surface area contributed by atoms with Crippen LogP contribution < -0.4 is 0 Å². The number of nitrogens with one attached hydrogen (secondary N) is 1. The Labute approximate surface area is 82.4 Å². The number of phenols is 1. The highest BCUT2D eigenvalue weighted by atomic mass is 16.3. The van der Waals surface area contributed by atoms with Gasteiger partial charge in [0.2, 0.25) is 0 Å². The number of benzene rings is 1. The van der Waals surface area contributed by atoms with Crippen molar-refractivity contribution in [2.75, 3.05) is 0 Å². The summed E-state index contributed by atoms with van der Waals surface area (Å²) in [5.41, 5.74) is 1.82. The van der Waals surface area contributed by atoms with Crippen LogP contribution in [-0.4, -0.2) is 15.1 Å². The minimum atomic E-state index is 0.254. The standard InChI is InChI=1S/C11H12N2O/c1-2-8-7-12-11(13-8)9-5-3-4-6-10(9)14/h3-7,14H,2H2,1H3,(H,12,13). The Hall–Kier alpha value is -1.77. The van der Waals surface area contributed by atoms with E-state index in [1.165, 1.54) is 0 Å². The van der Waals surface area contributed by atoms with Crippen LogP contribution in [0.15, 0.2) is 30.5 Å². The van der Waals surface area contributed by atoms with Crippen LogP contribution in [-0.2, 0) is 6.42 Å². The highest BCUT2D eigenvalue weighted by molar-refractivity contribution is 5.63. The number of phenolic OH excluding ortho intramolecular Hbond substituents is 1. The molecule has 14 heavy (non-hydrogen) atoms. The molecule has 1 heterocycles. The molecule has 0 fully saturated rings. The molecule has 3 nitrogen and oxygen atoms in total. The summed E-state index contributed by atoms with van der Waals surface area (Å²) >= 11 is 0. The Morgan fingerprint density at radius 3 is 2.79 bits per heavy atom. The van der Waals surface area contributed by atoms with Crippen molar-refractivity contribution in [1.29, 1.82) is 0 Å². The Bertz CT molecular complexity index is 434. The molecule has 0 saturated heterocycles. The predicted molar refractivity (Wildman–Crippen MR) is 55.1 cm³/mol. The number of rotatable bonds is 2. The molecule has 0 radical (unpaired) electrons. The molecule has 0 unspecified atom stereocenters. The van der Waals surface area contributed by atoms with Gasteiger partial charge < -0.3 is 10.1 Å². The van der Waals surface area contributed by atoms with Crippen molar-refractivity contribution in [3.05, 3.63) is 36.2 Å². The van der Waals surface area contributed by atoms with Gasteiger partial charge in [0.1, 0.15) is 11.6 Å². The first kappa shape index (κ1) is 8.81. The van der Waals surface area contributed by atoms with Crippen LogP contribution >= 0.6 is 0 Å². The number of aromatic nitrogens is 2. The van der Waals surface area contributed by atoms with Gasteiger partial charge in [0.05, 0.1) is 5.56 Å². The zero-order valence-corrected chi connectivity index (χ0v) is 7.99. The molecular weight excluding hydrogens is 176 g/mol. The first-order chi connectivity index (χ1) is 6.81. The van der Waals surface area contributed by atoms with E-state index in [0.717, 1.165) is 23.5 Å². The van der Waals surface area contributed by atoms with Gasteiger partial charge in [-0.05, 0) is 18.6 Å². The number of imidazole rings is 1. The fraction of sp³-hybridized carbons (Fsp3) is 0.182. The largest absolute Gasteiger partial charge is 0.507 e. The number of aryl methyl sites for hydroxylation is 1. The second-order valence-corrected chi connectivity index (χ2v) is 3.13. The van der Waals surface area contributed by atoms with E-state index in [1.807, 2.05) is 12.1 Å². The Balaban J connectivity index is 2.44. The van der Waals surface area contributed by atoms with Crippen molar-refractivity contribution in [1.82, 2.24) is 9.97 Å². The van der Waals surface area contributed by atoms with Crippen LogP contribution in [0, 0.1) is 0 Å². The van der Waals surface area contributed by atoms with E-state index in [9.17, 15) is 5.11 Å². The zero-order chi connectivity index (χ0) is 9.97. The number of hydrogen-bond donors (Lipinski definition) is 2. The lowest BCUT2D eigenvalue weighted by Gasteiger charge is -1.99. The number of aromatic hydroxyl groups is 1. The Kier molecular flexibility index (Phi) is 2.23. The SMILES string of the molecule is CCc1cnc(-c2ccccc2O)[nH]1. The van der Waals surface area contributed by atoms with Crippen LogP contribution in [0.25, 0.3) is 11.4 Å². The van der Waals surface area contributed by atoms with Crippen molar-refractivity contribution in [2.45, 2.75) is 13.3 Å². The summed E-state index contributed by atoms with van der Waals surface area (Å²) in [6.45, 7) is 2.06. The molecule has 2 rings (SSSR count). The summed E-state index contributed by atoms with van der Waals surface area (Å²) < 4.78 is 0. The van der Waals surface area contributed by atoms with Crippen molar-refractivity contribution in [2.24, 2.45) is 0 Å². The monoisotopic (exact) mass is 188 g/mol. The van der Waals surface area contributed by atoms with Gasteiger partial charge in [-0.25, -0.2) is 4.98 Å². The molecular formula is C11H12N2O. The minimum absolute atomic E-state index is 0.254. The Morgan fingerprint density at radius 2 is 2.14 bits per heavy atom. The van der Waals surface area contributed by atoms with Gasteiger partial charge in [-0.2, -0.15) is 0 Å². The van der Waals surface area contributed by atoms with Gasteiger partial charge in [0, 0.05) is 11.9 Å². The highest BCUT2D eigenvalue weighted by Crippen LogP contribution is 2.25. The number of para-hydroxylation sites is 1. The number of aromatic amines is 1. The summed E-state index contributed by atoms with van der Waals surface area (Å²) in [6, 6.07) is 7.17. The fourth-order valence-electron chi connectivity index (χ4n) is 1.35. The van der Waals surface area contributed by atoms with E-state index in [-0.39, 0.29) is 5.75 Å². The number of nitrogens with zero attached hydrogens (tertiary/aromatic N) is 1. The van der Waals surface area contributed by atoms with Crippen LogP contribution in [0.3, 0.4) is 0 Å². The summed E-state index contributed by atoms with van der Waals surface area (Å²) in [6.07, 6.45) is 2.71. The first-order valence-corrected chi connectivity index (χ1v) is 4.63. The second-order valence-electron chi connectivity index (χ2n) is 3.13. The maximum atomic E-state index is 9.59. The van der Waals surface area contributed by atoms with Crippen molar-refractivity contribution >= 4 is 0 Å². The molecule has 0 aliphatic heterocycles. The van der Waals surface area contributed by atoms with E-state index < -0.39 is 0 Å². The van der Waals surface area contributed by atoms with Crippen molar-refractivity contribution < 1.29 is 5.11 Å². The summed E-state index contributed by atoms with van der Waals surface area (Å²) in [7, 11) is 0. The van der Waals surface area contributed by atoms with Crippen LogP contribution in [0.4, 0.5) is 0 Å². The fourth-order valence-corrected chi connectivity index (χ4v) is 1.35. The van der Waals surface area contributed by atoms with Gasteiger partial charge in [-0.1, -0.05) is 19.1 Å². The molecule has 1 aromatic heterocycles. The molecule has 0 aliphatic rings. The summed E-state index contributed by atoms with van der Waals surface area (Å²) in [5, 5.41) is 9.59. The molecule has 0 bridgehead atoms. The highest BCUT2D eigenvalue weighted by Gasteiger charge is 2.06. The van der Waals surface area contributed by atoms with Gasteiger partial charge in [0.15, 0.2) is 0 Å². The predicted octanol–water partition coefficient (Wildman–Crippen LogP) is 2.34. The third kappa shape index (κ3) is 1.48. The average Bonchev–Trinajstić information content (AvgIpc) is 2.67. The van der Waals surface area contributed by atoms with Gasteiger partial charge in [0.25, 0.3) is 0 Å². The van der Waals surface area contributed by atoms with Crippen LogP contribution in [0.1, 0.15) is 12.6 Å².